The fourth-order valence-corrected chi connectivity index (χ4v) is 3.91. The van der Waals surface area contributed by atoms with Gasteiger partial charge in [0, 0.05) is 12.5 Å². The second kappa shape index (κ2) is 6.17. The molecule has 110 valence electrons. The van der Waals surface area contributed by atoms with Gasteiger partial charge in [0.1, 0.15) is 5.75 Å². The maximum atomic E-state index is 5.56. The van der Waals surface area contributed by atoms with Gasteiger partial charge in [0.25, 0.3) is 0 Å². The van der Waals surface area contributed by atoms with E-state index in [-0.39, 0.29) is 0 Å². The van der Waals surface area contributed by atoms with Gasteiger partial charge in [0.2, 0.25) is 0 Å². The molecule has 1 aliphatic carbocycles. The van der Waals surface area contributed by atoms with Crippen LogP contribution in [0.1, 0.15) is 44.2 Å². The predicted octanol–water partition coefficient (Wildman–Crippen LogP) is 3.58. The number of hydrogen-bond acceptors (Lipinski definition) is 2. The van der Waals surface area contributed by atoms with Crippen molar-refractivity contribution in [2.75, 3.05) is 13.2 Å². The summed E-state index contributed by atoms with van der Waals surface area (Å²) in [7, 11) is 0. The molecular formula is C18H27NO. The zero-order chi connectivity index (χ0) is 13.9. The maximum Gasteiger partial charge on any atom is 0.122 e. The zero-order valence-electron chi connectivity index (χ0n) is 12.8. The Kier molecular flexibility index (Phi) is 4.30. The Labute approximate surface area is 122 Å². The third-order valence-electron chi connectivity index (χ3n) is 5.33. The molecular weight excluding hydrogens is 246 g/mol. The predicted molar refractivity (Wildman–Crippen MR) is 83.3 cm³/mol. The van der Waals surface area contributed by atoms with Gasteiger partial charge in [-0.25, -0.2) is 0 Å². The van der Waals surface area contributed by atoms with Crippen LogP contribution in [0.4, 0.5) is 0 Å². The Hall–Kier alpha value is -1.02. The standard InChI is InChI=1S/C18H27NO/c1-3-15-5-6-17(13(15)2)19-10-8-14-4-7-18-16(12-14)9-11-20-18/h4,7,12-13,15,17,19H,3,5-6,8-11H2,1-2H3. The maximum absolute atomic E-state index is 5.56. The van der Waals surface area contributed by atoms with Crippen LogP contribution < -0.4 is 10.1 Å². The highest BCUT2D eigenvalue weighted by molar-refractivity contribution is 5.39. The summed E-state index contributed by atoms with van der Waals surface area (Å²) < 4.78 is 5.56. The molecule has 1 N–H and O–H groups in total. The number of rotatable bonds is 5. The molecule has 0 amide bonds. The first kappa shape index (κ1) is 13.9. The van der Waals surface area contributed by atoms with Crippen molar-refractivity contribution in [1.82, 2.24) is 5.32 Å². The van der Waals surface area contributed by atoms with Crippen molar-refractivity contribution in [3.63, 3.8) is 0 Å². The van der Waals surface area contributed by atoms with Crippen molar-refractivity contribution in [3.8, 4) is 5.75 Å². The summed E-state index contributed by atoms with van der Waals surface area (Å²) in [5.41, 5.74) is 2.84. The smallest absolute Gasteiger partial charge is 0.122 e. The fraction of sp³-hybridized carbons (Fsp3) is 0.667. The van der Waals surface area contributed by atoms with Crippen LogP contribution in [0.3, 0.4) is 0 Å². The summed E-state index contributed by atoms with van der Waals surface area (Å²) in [5.74, 6) is 2.87. The highest BCUT2D eigenvalue weighted by atomic mass is 16.5. The SMILES string of the molecule is CCC1CCC(NCCc2ccc3c(c2)CCO3)C1C. The van der Waals surface area contributed by atoms with Crippen LogP contribution in [-0.2, 0) is 12.8 Å². The molecule has 3 rings (SSSR count). The lowest BCUT2D eigenvalue weighted by Gasteiger charge is -2.21. The van der Waals surface area contributed by atoms with Crippen molar-refractivity contribution in [1.29, 1.82) is 0 Å². The molecule has 3 atom stereocenters. The Morgan fingerprint density at radius 2 is 2.20 bits per heavy atom. The van der Waals surface area contributed by atoms with Crippen LogP contribution in [0.25, 0.3) is 0 Å². The average Bonchev–Trinajstić information content (AvgIpc) is 3.05. The van der Waals surface area contributed by atoms with Gasteiger partial charge in [-0.05, 0) is 54.8 Å². The lowest BCUT2D eigenvalue weighted by Crippen LogP contribution is -2.34. The lowest BCUT2D eigenvalue weighted by molar-refractivity contribution is 0.346. The van der Waals surface area contributed by atoms with Gasteiger partial charge in [0.15, 0.2) is 0 Å². The third kappa shape index (κ3) is 2.85. The molecule has 1 heterocycles. The zero-order valence-corrected chi connectivity index (χ0v) is 12.8. The molecule has 1 aromatic carbocycles. The summed E-state index contributed by atoms with van der Waals surface area (Å²) in [6.45, 7) is 6.71. The van der Waals surface area contributed by atoms with Crippen LogP contribution >= 0.6 is 0 Å². The molecule has 0 aromatic heterocycles. The van der Waals surface area contributed by atoms with E-state index in [2.05, 4.69) is 37.4 Å². The lowest BCUT2D eigenvalue weighted by atomic mass is 9.93. The van der Waals surface area contributed by atoms with Crippen molar-refractivity contribution in [3.05, 3.63) is 29.3 Å². The molecule has 1 saturated carbocycles. The molecule has 0 saturated heterocycles. The number of hydrogen-bond donors (Lipinski definition) is 1. The second-order valence-electron chi connectivity index (χ2n) is 6.46. The van der Waals surface area contributed by atoms with Crippen LogP contribution in [0, 0.1) is 11.8 Å². The van der Waals surface area contributed by atoms with Crippen molar-refractivity contribution < 1.29 is 4.74 Å². The van der Waals surface area contributed by atoms with E-state index in [9.17, 15) is 0 Å². The van der Waals surface area contributed by atoms with Crippen LogP contribution in [0.15, 0.2) is 18.2 Å². The summed E-state index contributed by atoms with van der Waals surface area (Å²) >= 11 is 0. The molecule has 1 fully saturated rings. The minimum atomic E-state index is 0.734. The van der Waals surface area contributed by atoms with E-state index < -0.39 is 0 Å². The fourth-order valence-electron chi connectivity index (χ4n) is 3.91. The van der Waals surface area contributed by atoms with Gasteiger partial charge < -0.3 is 10.1 Å². The number of nitrogens with one attached hydrogen (secondary N) is 1. The van der Waals surface area contributed by atoms with E-state index in [0.717, 1.165) is 49.6 Å². The summed E-state index contributed by atoms with van der Waals surface area (Å²) in [6.07, 6.45) is 6.31. The van der Waals surface area contributed by atoms with Gasteiger partial charge in [-0.1, -0.05) is 32.4 Å². The molecule has 0 bridgehead atoms. The van der Waals surface area contributed by atoms with Crippen molar-refractivity contribution in [2.24, 2.45) is 11.8 Å². The topological polar surface area (TPSA) is 21.3 Å². The first-order valence-electron chi connectivity index (χ1n) is 8.26. The Morgan fingerprint density at radius 3 is 3.00 bits per heavy atom. The second-order valence-corrected chi connectivity index (χ2v) is 6.46. The minimum Gasteiger partial charge on any atom is -0.493 e. The molecule has 3 unspecified atom stereocenters. The van der Waals surface area contributed by atoms with E-state index in [1.807, 2.05) is 0 Å². The summed E-state index contributed by atoms with van der Waals surface area (Å²) in [6, 6.07) is 7.43. The van der Waals surface area contributed by atoms with E-state index in [4.69, 9.17) is 4.74 Å². The summed E-state index contributed by atoms with van der Waals surface area (Å²) in [4.78, 5) is 0. The molecule has 2 nitrogen and oxygen atoms in total. The van der Waals surface area contributed by atoms with Gasteiger partial charge in [-0.3, -0.25) is 0 Å². The van der Waals surface area contributed by atoms with E-state index in [0.29, 0.717) is 0 Å². The van der Waals surface area contributed by atoms with Crippen LogP contribution in [0.2, 0.25) is 0 Å². The van der Waals surface area contributed by atoms with E-state index >= 15 is 0 Å². The number of benzene rings is 1. The highest BCUT2D eigenvalue weighted by Gasteiger charge is 2.30. The number of ether oxygens (including phenoxy) is 1. The first-order chi connectivity index (χ1) is 9.78. The van der Waals surface area contributed by atoms with Gasteiger partial charge >= 0.3 is 0 Å². The molecule has 0 spiro atoms. The molecule has 1 aromatic rings. The van der Waals surface area contributed by atoms with Crippen LogP contribution in [-0.4, -0.2) is 19.2 Å². The van der Waals surface area contributed by atoms with Crippen molar-refractivity contribution >= 4 is 0 Å². The van der Waals surface area contributed by atoms with Gasteiger partial charge in [0.05, 0.1) is 6.61 Å². The quantitative estimate of drug-likeness (QED) is 0.885. The molecule has 20 heavy (non-hydrogen) atoms. The van der Waals surface area contributed by atoms with E-state index in [1.54, 1.807) is 0 Å². The molecule has 0 radical (unpaired) electrons. The normalized spacial score (nSPS) is 28.4. The monoisotopic (exact) mass is 273 g/mol. The average molecular weight is 273 g/mol. The van der Waals surface area contributed by atoms with Gasteiger partial charge in [-0.2, -0.15) is 0 Å². The molecule has 2 aliphatic rings. The minimum absolute atomic E-state index is 0.734. The molecule has 1 aliphatic heterocycles. The Bertz CT molecular complexity index is 457. The van der Waals surface area contributed by atoms with Gasteiger partial charge in [-0.15, -0.1) is 0 Å². The first-order valence-corrected chi connectivity index (χ1v) is 8.26. The third-order valence-corrected chi connectivity index (χ3v) is 5.33. The Balaban J connectivity index is 1.48. The van der Waals surface area contributed by atoms with E-state index in [1.165, 1.54) is 30.4 Å². The molecule has 2 heteroatoms. The van der Waals surface area contributed by atoms with Crippen molar-refractivity contribution in [2.45, 2.75) is 52.0 Å². The highest BCUT2D eigenvalue weighted by Crippen LogP contribution is 2.33. The number of fused-ring (bicyclic) bond motifs is 1. The van der Waals surface area contributed by atoms with Crippen LogP contribution in [0.5, 0.6) is 5.75 Å². The largest absolute Gasteiger partial charge is 0.493 e. The summed E-state index contributed by atoms with van der Waals surface area (Å²) in [5, 5.41) is 3.78. The Morgan fingerprint density at radius 1 is 1.30 bits per heavy atom.